The number of rotatable bonds is 6. The van der Waals surface area contributed by atoms with Crippen LogP contribution in [0.5, 0.6) is 5.75 Å². The Morgan fingerprint density at radius 2 is 1.36 bits per heavy atom. The summed E-state index contributed by atoms with van der Waals surface area (Å²) < 4.78 is 5.11. The molecule has 0 unspecified atom stereocenters. The second-order valence-electron chi connectivity index (χ2n) is 6.47. The summed E-state index contributed by atoms with van der Waals surface area (Å²) >= 11 is 0. The predicted molar refractivity (Wildman–Crippen MR) is 111 cm³/mol. The van der Waals surface area contributed by atoms with E-state index in [0.717, 1.165) is 22.6 Å². The first-order chi connectivity index (χ1) is 13.5. The monoisotopic (exact) mass is 374 g/mol. The third kappa shape index (κ3) is 5.20. The van der Waals surface area contributed by atoms with E-state index >= 15 is 0 Å². The standard InChI is InChI=1S/C23H22N2O3/c1-16-3-9-20(10-4-16)25-23(27)18-7-11-19(12-8-18)24-22(26)15-17-5-13-21(28-2)14-6-17/h3-14H,15H2,1-2H3,(H,24,26)(H,25,27). The molecule has 3 aromatic carbocycles. The fourth-order valence-electron chi connectivity index (χ4n) is 2.68. The summed E-state index contributed by atoms with van der Waals surface area (Å²) in [4.78, 5) is 24.5. The molecule has 28 heavy (non-hydrogen) atoms. The predicted octanol–water partition coefficient (Wildman–Crippen LogP) is 4.44. The van der Waals surface area contributed by atoms with Gasteiger partial charge in [-0.05, 0) is 61.0 Å². The van der Waals surface area contributed by atoms with E-state index in [1.54, 1.807) is 31.4 Å². The minimum absolute atomic E-state index is 0.123. The molecular formula is C23H22N2O3. The largest absolute Gasteiger partial charge is 0.497 e. The Bertz CT molecular complexity index is 947. The highest BCUT2D eigenvalue weighted by atomic mass is 16.5. The van der Waals surface area contributed by atoms with Gasteiger partial charge in [-0.2, -0.15) is 0 Å². The van der Waals surface area contributed by atoms with Crippen molar-refractivity contribution in [3.63, 3.8) is 0 Å². The lowest BCUT2D eigenvalue weighted by Gasteiger charge is -2.08. The number of aryl methyl sites for hydroxylation is 1. The summed E-state index contributed by atoms with van der Waals surface area (Å²) in [6.45, 7) is 1.99. The molecule has 0 saturated carbocycles. The second-order valence-corrected chi connectivity index (χ2v) is 6.47. The fourth-order valence-corrected chi connectivity index (χ4v) is 2.68. The van der Waals surface area contributed by atoms with Crippen molar-refractivity contribution >= 4 is 23.2 Å². The minimum atomic E-state index is -0.194. The molecule has 2 N–H and O–H groups in total. The van der Waals surface area contributed by atoms with E-state index in [9.17, 15) is 9.59 Å². The number of carbonyl (C=O) groups is 2. The van der Waals surface area contributed by atoms with Crippen molar-refractivity contribution in [3.05, 3.63) is 89.5 Å². The zero-order chi connectivity index (χ0) is 19.9. The van der Waals surface area contributed by atoms with Gasteiger partial charge < -0.3 is 15.4 Å². The first-order valence-electron chi connectivity index (χ1n) is 8.94. The molecule has 5 nitrogen and oxygen atoms in total. The Labute approximate surface area is 164 Å². The van der Waals surface area contributed by atoms with Gasteiger partial charge >= 0.3 is 0 Å². The van der Waals surface area contributed by atoms with Crippen molar-refractivity contribution in [2.75, 3.05) is 17.7 Å². The number of amides is 2. The summed E-state index contributed by atoms with van der Waals surface area (Å²) in [5.74, 6) is 0.436. The third-order valence-corrected chi connectivity index (χ3v) is 4.26. The van der Waals surface area contributed by atoms with Crippen LogP contribution in [0.15, 0.2) is 72.8 Å². The molecule has 0 spiro atoms. The Morgan fingerprint density at radius 3 is 1.96 bits per heavy atom. The highest BCUT2D eigenvalue weighted by molar-refractivity contribution is 6.04. The summed E-state index contributed by atoms with van der Waals surface area (Å²) in [7, 11) is 1.60. The number of carbonyl (C=O) groups excluding carboxylic acids is 2. The van der Waals surface area contributed by atoms with Crippen LogP contribution in [0.25, 0.3) is 0 Å². The van der Waals surface area contributed by atoms with Crippen molar-refractivity contribution in [1.29, 1.82) is 0 Å². The van der Waals surface area contributed by atoms with E-state index in [4.69, 9.17) is 4.74 Å². The van der Waals surface area contributed by atoms with Crippen LogP contribution >= 0.6 is 0 Å². The van der Waals surface area contributed by atoms with E-state index in [1.807, 2.05) is 55.5 Å². The number of hydrogen-bond acceptors (Lipinski definition) is 3. The van der Waals surface area contributed by atoms with Crippen LogP contribution in [0.2, 0.25) is 0 Å². The molecule has 0 heterocycles. The molecule has 3 aromatic rings. The molecule has 2 amide bonds. The molecule has 0 atom stereocenters. The number of nitrogens with one attached hydrogen (secondary N) is 2. The lowest BCUT2D eigenvalue weighted by Crippen LogP contribution is -2.15. The molecule has 0 saturated heterocycles. The molecule has 0 radical (unpaired) electrons. The molecule has 0 aliphatic heterocycles. The fraction of sp³-hybridized carbons (Fsp3) is 0.130. The molecule has 0 aliphatic rings. The summed E-state index contributed by atoms with van der Waals surface area (Å²) in [5.41, 5.74) is 3.94. The van der Waals surface area contributed by atoms with E-state index < -0.39 is 0 Å². The molecule has 0 aromatic heterocycles. The number of benzene rings is 3. The van der Waals surface area contributed by atoms with Gasteiger partial charge in [0.1, 0.15) is 5.75 Å². The van der Waals surface area contributed by atoms with Gasteiger partial charge in [-0.1, -0.05) is 29.8 Å². The van der Waals surface area contributed by atoms with Gasteiger partial charge in [0, 0.05) is 16.9 Å². The molecule has 0 aliphatic carbocycles. The maximum atomic E-state index is 12.3. The lowest BCUT2D eigenvalue weighted by atomic mass is 10.1. The van der Waals surface area contributed by atoms with Crippen LogP contribution in [0.1, 0.15) is 21.5 Å². The lowest BCUT2D eigenvalue weighted by molar-refractivity contribution is -0.115. The third-order valence-electron chi connectivity index (χ3n) is 4.26. The van der Waals surface area contributed by atoms with Crippen molar-refractivity contribution in [3.8, 4) is 5.75 Å². The van der Waals surface area contributed by atoms with Crippen LogP contribution in [-0.2, 0) is 11.2 Å². The normalized spacial score (nSPS) is 10.2. The summed E-state index contributed by atoms with van der Waals surface area (Å²) in [5, 5.41) is 5.69. The van der Waals surface area contributed by atoms with Crippen LogP contribution in [-0.4, -0.2) is 18.9 Å². The van der Waals surface area contributed by atoms with Crippen LogP contribution < -0.4 is 15.4 Å². The minimum Gasteiger partial charge on any atom is -0.497 e. The Balaban J connectivity index is 1.56. The van der Waals surface area contributed by atoms with Gasteiger partial charge in [0.2, 0.25) is 5.91 Å². The summed E-state index contributed by atoms with van der Waals surface area (Å²) in [6, 6.07) is 21.8. The SMILES string of the molecule is COc1ccc(CC(=O)Nc2ccc(C(=O)Nc3ccc(C)cc3)cc2)cc1. The number of anilines is 2. The van der Waals surface area contributed by atoms with E-state index in [-0.39, 0.29) is 18.2 Å². The molecule has 5 heteroatoms. The quantitative estimate of drug-likeness (QED) is 0.670. The molecular weight excluding hydrogens is 352 g/mol. The van der Waals surface area contributed by atoms with Crippen LogP contribution in [0.4, 0.5) is 11.4 Å². The highest BCUT2D eigenvalue weighted by Gasteiger charge is 2.08. The average molecular weight is 374 g/mol. The first kappa shape index (κ1) is 19.2. The molecule has 0 bridgehead atoms. The zero-order valence-corrected chi connectivity index (χ0v) is 15.9. The van der Waals surface area contributed by atoms with Gasteiger partial charge in [0.15, 0.2) is 0 Å². The van der Waals surface area contributed by atoms with E-state index in [0.29, 0.717) is 11.3 Å². The van der Waals surface area contributed by atoms with Gasteiger partial charge in [-0.15, -0.1) is 0 Å². The second kappa shape index (κ2) is 8.86. The van der Waals surface area contributed by atoms with Crippen molar-refractivity contribution < 1.29 is 14.3 Å². The first-order valence-corrected chi connectivity index (χ1v) is 8.94. The zero-order valence-electron chi connectivity index (χ0n) is 15.9. The van der Waals surface area contributed by atoms with Gasteiger partial charge in [0.05, 0.1) is 13.5 Å². The van der Waals surface area contributed by atoms with Crippen LogP contribution in [0.3, 0.4) is 0 Å². The van der Waals surface area contributed by atoms with E-state index in [2.05, 4.69) is 10.6 Å². The average Bonchev–Trinajstić information content (AvgIpc) is 2.71. The van der Waals surface area contributed by atoms with Gasteiger partial charge in [-0.25, -0.2) is 0 Å². The smallest absolute Gasteiger partial charge is 0.255 e. The maximum absolute atomic E-state index is 12.3. The molecule has 0 fully saturated rings. The van der Waals surface area contributed by atoms with Crippen molar-refractivity contribution in [1.82, 2.24) is 0 Å². The number of methoxy groups -OCH3 is 1. The highest BCUT2D eigenvalue weighted by Crippen LogP contribution is 2.15. The van der Waals surface area contributed by atoms with Gasteiger partial charge in [0.25, 0.3) is 5.91 Å². The van der Waals surface area contributed by atoms with Crippen LogP contribution in [0, 0.1) is 6.92 Å². The summed E-state index contributed by atoms with van der Waals surface area (Å²) in [6.07, 6.45) is 0.264. The van der Waals surface area contributed by atoms with Crippen molar-refractivity contribution in [2.45, 2.75) is 13.3 Å². The Morgan fingerprint density at radius 1 is 0.786 bits per heavy atom. The Kier molecular flexibility index (Phi) is 6.07. The molecule has 142 valence electrons. The Hall–Kier alpha value is -3.60. The molecule has 3 rings (SSSR count). The number of ether oxygens (including phenoxy) is 1. The van der Waals surface area contributed by atoms with E-state index in [1.165, 1.54) is 0 Å². The maximum Gasteiger partial charge on any atom is 0.255 e. The number of hydrogen-bond donors (Lipinski definition) is 2. The van der Waals surface area contributed by atoms with Crippen molar-refractivity contribution in [2.24, 2.45) is 0 Å². The topological polar surface area (TPSA) is 67.4 Å². The van der Waals surface area contributed by atoms with Gasteiger partial charge in [-0.3, -0.25) is 9.59 Å².